The lowest BCUT2D eigenvalue weighted by atomic mass is 10.1. The molecule has 8 nitrogen and oxygen atoms in total. The summed E-state index contributed by atoms with van der Waals surface area (Å²) >= 11 is 12.3. The summed E-state index contributed by atoms with van der Waals surface area (Å²) in [5.41, 5.74) is 2.34. The van der Waals surface area contributed by atoms with Gasteiger partial charge in [-0.1, -0.05) is 59.6 Å². The van der Waals surface area contributed by atoms with Gasteiger partial charge >= 0.3 is 5.97 Å². The maximum atomic E-state index is 13.0. The fraction of sp³-hybridized carbons (Fsp3) is 0.111. The minimum atomic E-state index is -0.719. The molecule has 0 atom stereocenters. The Morgan fingerprint density at radius 1 is 0.919 bits per heavy atom. The monoisotopic (exact) mass is 537 g/mol. The molecule has 10 heteroatoms. The number of hydrogen-bond donors (Lipinski definition) is 2. The molecule has 1 aliphatic heterocycles. The molecule has 0 aliphatic carbocycles. The first-order chi connectivity index (χ1) is 17.8. The molecule has 4 rings (SSSR count). The van der Waals surface area contributed by atoms with Crippen molar-refractivity contribution in [3.05, 3.63) is 105 Å². The van der Waals surface area contributed by atoms with E-state index in [9.17, 15) is 19.2 Å². The van der Waals surface area contributed by atoms with Crippen LogP contribution in [0.5, 0.6) is 0 Å². The third kappa shape index (κ3) is 5.82. The van der Waals surface area contributed by atoms with Crippen molar-refractivity contribution in [3.63, 3.8) is 0 Å². The highest BCUT2D eigenvalue weighted by Gasteiger charge is 2.39. The van der Waals surface area contributed by atoms with Gasteiger partial charge in [0, 0.05) is 17.3 Å². The van der Waals surface area contributed by atoms with Gasteiger partial charge in [0.15, 0.2) is 0 Å². The average Bonchev–Trinajstić information content (AvgIpc) is 3.11. The first kappa shape index (κ1) is 25.9. The average molecular weight is 538 g/mol. The first-order valence-electron chi connectivity index (χ1n) is 11.1. The Labute approximate surface area is 222 Å². The van der Waals surface area contributed by atoms with Gasteiger partial charge in [0.2, 0.25) is 5.91 Å². The molecular formula is C27H21Cl2N3O5. The van der Waals surface area contributed by atoms with Crippen molar-refractivity contribution in [2.45, 2.75) is 13.0 Å². The Bertz CT molecular complexity index is 1420. The lowest BCUT2D eigenvalue weighted by molar-refractivity contribution is -0.121. The van der Waals surface area contributed by atoms with E-state index in [4.69, 9.17) is 27.9 Å². The lowest BCUT2D eigenvalue weighted by Crippen LogP contribution is -2.32. The van der Waals surface area contributed by atoms with Crippen LogP contribution in [-0.2, 0) is 32.1 Å². The fourth-order valence-electron chi connectivity index (χ4n) is 3.67. The molecule has 37 heavy (non-hydrogen) atoms. The van der Waals surface area contributed by atoms with E-state index in [0.29, 0.717) is 17.3 Å². The second-order valence-corrected chi connectivity index (χ2v) is 8.83. The van der Waals surface area contributed by atoms with Crippen molar-refractivity contribution in [1.82, 2.24) is 5.32 Å². The van der Waals surface area contributed by atoms with Crippen molar-refractivity contribution < 1.29 is 23.9 Å². The van der Waals surface area contributed by atoms with Gasteiger partial charge in [-0.05, 0) is 47.5 Å². The van der Waals surface area contributed by atoms with Crippen molar-refractivity contribution >= 4 is 58.3 Å². The van der Waals surface area contributed by atoms with E-state index < -0.39 is 17.8 Å². The molecule has 0 radical (unpaired) electrons. The number of anilines is 2. The molecule has 0 saturated heterocycles. The van der Waals surface area contributed by atoms with Gasteiger partial charge in [-0.15, -0.1) is 0 Å². The summed E-state index contributed by atoms with van der Waals surface area (Å²) in [4.78, 5) is 50.8. The number of ether oxygens (including phenoxy) is 1. The minimum absolute atomic E-state index is 0.0969. The van der Waals surface area contributed by atoms with Gasteiger partial charge in [-0.2, -0.15) is 0 Å². The molecule has 3 aromatic rings. The van der Waals surface area contributed by atoms with Gasteiger partial charge < -0.3 is 15.4 Å². The van der Waals surface area contributed by atoms with Crippen LogP contribution in [0.15, 0.2) is 83.5 Å². The second kappa shape index (κ2) is 11.3. The standard InChI is InChI=1S/C27H21Cl2N3O5/c1-37-27(36)17-6-4-7-20(14-17)32-25(34)23(29)24(26(32)35)31-19-11-9-16(10-12-19)13-22(33)30-15-18-5-2-3-8-21(18)28/h2-12,14,31H,13,15H2,1H3,(H,30,33). The van der Waals surface area contributed by atoms with E-state index in [2.05, 4.69) is 10.6 Å². The van der Waals surface area contributed by atoms with Crippen LogP contribution in [0.25, 0.3) is 0 Å². The summed E-state index contributed by atoms with van der Waals surface area (Å²) in [6.07, 6.45) is 0.149. The van der Waals surface area contributed by atoms with Gasteiger partial charge in [-0.25, -0.2) is 9.69 Å². The molecule has 188 valence electrons. The van der Waals surface area contributed by atoms with Crippen molar-refractivity contribution in [1.29, 1.82) is 0 Å². The number of methoxy groups -OCH3 is 1. The maximum Gasteiger partial charge on any atom is 0.337 e. The summed E-state index contributed by atoms with van der Waals surface area (Å²) in [5, 5.41) is 6.02. The smallest absolute Gasteiger partial charge is 0.337 e. The number of hydrogen-bond acceptors (Lipinski definition) is 6. The number of esters is 1. The third-order valence-electron chi connectivity index (χ3n) is 5.57. The van der Waals surface area contributed by atoms with E-state index >= 15 is 0 Å². The van der Waals surface area contributed by atoms with E-state index in [0.717, 1.165) is 16.0 Å². The van der Waals surface area contributed by atoms with Crippen molar-refractivity contribution in [3.8, 4) is 0 Å². The van der Waals surface area contributed by atoms with Crippen molar-refractivity contribution in [2.24, 2.45) is 0 Å². The maximum absolute atomic E-state index is 13.0. The zero-order valence-corrected chi connectivity index (χ0v) is 21.1. The molecule has 0 fully saturated rings. The number of amides is 3. The zero-order valence-electron chi connectivity index (χ0n) is 19.6. The third-order valence-corrected chi connectivity index (χ3v) is 6.29. The second-order valence-electron chi connectivity index (χ2n) is 8.04. The normalized spacial score (nSPS) is 13.1. The number of benzene rings is 3. The van der Waals surface area contributed by atoms with Crippen LogP contribution in [0.1, 0.15) is 21.5 Å². The Balaban J connectivity index is 1.40. The minimum Gasteiger partial charge on any atom is -0.465 e. The molecule has 1 heterocycles. The molecule has 3 aromatic carbocycles. The van der Waals surface area contributed by atoms with Crippen molar-refractivity contribution in [2.75, 3.05) is 17.3 Å². The van der Waals surface area contributed by atoms with Crippen LogP contribution in [0.2, 0.25) is 5.02 Å². The summed E-state index contributed by atoms with van der Waals surface area (Å²) < 4.78 is 4.69. The van der Waals surface area contributed by atoms with Gasteiger partial charge in [-0.3, -0.25) is 14.4 Å². The van der Waals surface area contributed by atoms with E-state index in [1.807, 2.05) is 18.2 Å². The summed E-state index contributed by atoms with van der Waals surface area (Å²) in [7, 11) is 1.24. The number of carbonyl (C=O) groups is 4. The SMILES string of the molecule is COC(=O)c1cccc(N2C(=O)C(Cl)=C(Nc3ccc(CC(=O)NCc4ccccc4Cl)cc3)C2=O)c1. The van der Waals surface area contributed by atoms with Crippen LogP contribution >= 0.6 is 23.2 Å². The van der Waals surface area contributed by atoms with Crippen LogP contribution in [0.3, 0.4) is 0 Å². The number of rotatable bonds is 8. The van der Waals surface area contributed by atoms with Gasteiger partial charge in [0.25, 0.3) is 11.8 Å². The largest absolute Gasteiger partial charge is 0.465 e. The fourth-order valence-corrected chi connectivity index (χ4v) is 4.08. The highest BCUT2D eigenvalue weighted by atomic mass is 35.5. The predicted octanol–water partition coefficient (Wildman–Crippen LogP) is 4.42. The van der Waals surface area contributed by atoms with Crippen LogP contribution in [0, 0.1) is 0 Å². The molecule has 0 spiro atoms. The summed E-state index contributed by atoms with van der Waals surface area (Å²) in [6, 6.07) is 20.0. The number of carbonyl (C=O) groups excluding carboxylic acids is 4. The topological polar surface area (TPSA) is 105 Å². The molecule has 0 aromatic heterocycles. The lowest BCUT2D eigenvalue weighted by Gasteiger charge is -2.16. The van der Waals surface area contributed by atoms with Gasteiger partial charge in [0.05, 0.1) is 24.8 Å². The van der Waals surface area contributed by atoms with E-state index in [1.54, 1.807) is 30.3 Å². The molecule has 0 saturated carbocycles. The number of imide groups is 1. The number of nitrogens with zero attached hydrogens (tertiary/aromatic N) is 1. The molecule has 0 bridgehead atoms. The molecular weight excluding hydrogens is 517 g/mol. The van der Waals surface area contributed by atoms with Gasteiger partial charge in [0.1, 0.15) is 10.7 Å². The van der Waals surface area contributed by atoms with Crippen LogP contribution < -0.4 is 15.5 Å². The Morgan fingerprint density at radius 3 is 2.35 bits per heavy atom. The first-order valence-corrected chi connectivity index (χ1v) is 11.9. The highest BCUT2D eigenvalue weighted by Crippen LogP contribution is 2.30. The summed E-state index contributed by atoms with van der Waals surface area (Å²) in [5.74, 6) is -2.16. The Kier molecular flexibility index (Phi) is 7.91. The summed E-state index contributed by atoms with van der Waals surface area (Å²) in [6.45, 7) is 0.319. The Morgan fingerprint density at radius 2 is 1.65 bits per heavy atom. The van der Waals surface area contributed by atoms with Crippen LogP contribution in [0.4, 0.5) is 11.4 Å². The quantitative estimate of drug-likeness (QED) is 0.325. The molecule has 2 N–H and O–H groups in total. The Hall–Kier alpha value is -4.14. The molecule has 0 unspecified atom stereocenters. The van der Waals surface area contributed by atoms with E-state index in [-0.39, 0.29) is 34.3 Å². The highest BCUT2D eigenvalue weighted by molar-refractivity contribution is 6.53. The zero-order chi connectivity index (χ0) is 26.5. The predicted molar refractivity (Wildman–Crippen MR) is 140 cm³/mol. The van der Waals surface area contributed by atoms with E-state index in [1.165, 1.54) is 31.4 Å². The number of halogens is 2. The number of nitrogens with one attached hydrogen (secondary N) is 2. The molecule has 3 amide bonds. The molecule has 1 aliphatic rings. The van der Waals surface area contributed by atoms with Crippen LogP contribution in [-0.4, -0.2) is 30.8 Å².